The summed E-state index contributed by atoms with van der Waals surface area (Å²) >= 11 is 0. The lowest BCUT2D eigenvalue weighted by Gasteiger charge is -1.94. The highest BCUT2D eigenvalue weighted by Gasteiger charge is 2.06. The van der Waals surface area contributed by atoms with E-state index in [0.29, 0.717) is 0 Å². The number of azide groups is 1. The first-order chi connectivity index (χ1) is 6.65. The van der Waals surface area contributed by atoms with Crippen molar-refractivity contribution in [2.75, 3.05) is 0 Å². The molecule has 0 spiro atoms. The molecule has 1 N–H and O–H groups in total. The second kappa shape index (κ2) is 4.01. The van der Waals surface area contributed by atoms with Gasteiger partial charge in [-0.15, -0.1) is 0 Å². The normalized spacial score (nSPS) is 8.86. The van der Waals surface area contributed by atoms with Crippen molar-refractivity contribution in [2.45, 2.75) is 0 Å². The van der Waals surface area contributed by atoms with Crippen molar-refractivity contribution in [3.63, 3.8) is 0 Å². The first kappa shape index (κ1) is 9.69. The van der Waals surface area contributed by atoms with Gasteiger partial charge < -0.3 is 5.11 Å². The van der Waals surface area contributed by atoms with Gasteiger partial charge in [0, 0.05) is 16.7 Å². The summed E-state index contributed by atoms with van der Waals surface area (Å²) in [6, 6.07) is 2.38. The molecule has 0 aliphatic rings. The van der Waals surface area contributed by atoms with Gasteiger partial charge in [-0.25, -0.2) is 9.78 Å². The maximum atomic E-state index is 10.9. The molecule has 1 heterocycles. The van der Waals surface area contributed by atoms with Crippen LogP contribution in [0.4, 0.5) is 0 Å². The van der Waals surface area contributed by atoms with Crippen LogP contribution in [-0.2, 0) is 0 Å². The molecule has 0 bridgehead atoms. The van der Waals surface area contributed by atoms with Crippen LogP contribution in [-0.4, -0.2) is 22.0 Å². The topological polar surface area (TPSA) is 116 Å². The molecule has 0 aromatic carbocycles. The molecule has 0 unspecified atom stereocenters. The number of amides is 1. The van der Waals surface area contributed by atoms with Crippen molar-refractivity contribution in [1.29, 1.82) is 0 Å². The highest BCUT2D eigenvalue weighted by molar-refractivity contribution is 5.95. The molecule has 7 heteroatoms. The average Bonchev–Trinajstić information content (AvgIpc) is 2.18. The van der Waals surface area contributed by atoms with Crippen molar-refractivity contribution in [1.82, 2.24) is 4.98 Å². The summed E-state index contributed by atoms with van der Waals surface area (Å²) in [6.07, 6.45) is 1.04. The molecule has 70 valence electrons. The number of carbonyl (C=O) groups excluding carboxylic acids is 1. The number of hydrogen-bond donors (Lipinski definition) is 1. The summed E-state index contributed by atoms with van der Waals surface area (Å²) in [5.74, 6) is -1.98. The summed E-state index contributed by atoms with van der Waals surface area (Å²) in [5, 5.41) is 11.3. The molecular formula is C7H4N4O3. The number of aromatic nitrogens is 1. The Balaban J connectivity index is 2.99. The molecule has 0 fully saturated rings. The van der Waals surface area contributed by atoms with Crippen LogP contribution in [0.3, 0.4) is 0 Å². The van der Waals surface area contributed by atoms with Gasteiger partial charge in [-0.1, -0.05) is 0 Å². The maximum absolute atomic E-state index is 10.9. The number of carboxylic acids is 1. The summed E-state index contributed by atoms with van der Waals surface area (Å²) in [6.45, 7) is 0. The third kappa shape index (κ3) is 2.05. The standard InChI is InChI=1S/C7H4N4O3/c8-11-10-6(12)4-1-2-5(7(13)14)9-3-4/h1-3H,(H,13,14). The van der Waals surface area contributed by atoms with Gasteiger partial charge in [0.15, 0.2) is 0 Å². The summed E-state index contributed by atoms with van der Waals surface area (Å²) in [4.78, 5) is 27.1. The lowest BCUT2D eigenvalue weighted by molar-refractivity contribution is 0.0690. The molecule has 1 aromatic heterocycles. The highest BCUT2D eigenvalue weighted by atomic mass is 16.4. The average molecular weight is 192 g/mol. The van der Waals surface area contributed by atoms with E-state index in [4.69, 9.17) is 10.6 Å². The zero-order valence-electron chi connectivity index (χ0n) is 6.78. The van der Waals surface area contributed by atoms with Gasteiger partial charge in [0.25, 0.3) is 5.91 Å². The highest BCUT2D eigenvalue weighted by Crippen LogP contribution is 2.02. The Morgan fingerprint density at radius 3 is 2.64 bits per heavy atom. The van der Waals surface area contributed by atoms with E-state index < -0.39 is 11.9 Å². The predicted octanol–water partition coefficient (Wildman–Crippen LogP) is 1.23. The fourth-order valence-corrected chi connectivity index (χ4v) is 0.745. The molecule has 0 saturated carbocycles. The van der Waals surface area contributed by atoms with Crippen LogP contribution >= 0.6 is 0 Å². The van der Waals surface area contributed by atoms with Gasteiger partial charge in [-0.05, 0) is 22.8 Å². The third-order valence-electron chi connectivity index (χ3n) is 1.37. The Morgan fingerprint density at radius 2 is 2.21 bits per heavy atom. The molecule has 0 saturated heterocycles. The van der Waals surface area contributed by atoms with E-state index in [2.05, 4.69) is 15.0 Å². The second-order valence-corrected chi connectivity index (χ2v) is 2.23. The number of carboxylic acid groups (broad SMARTS) is 1. The smallest absolute Gasteiger partial charge is 0.354 e. The van der Waals surface area contributed by atoms with Crippen LogP contribution in [0, 0.1) is 0 Å². The Morgan fingerprint density at radius 1 is 1.50 bits per heavy atom. The predicted molar refractivity (Wildman–Crippen MR) is 44.7 cm³/mol. The Kier molecular flexibility index (Phi) is 2.78. The number of carbonyl (C=O) groups is 2. The zero-order chi connectivity index (χ0) is 10.6. The van der Waals surface area contributed by atoms with Gasteiger partial charge >= 0.3 is 5.97 Å². The Hall–Kier alpha value is -2.40. The molecule has 0 aliphatic carbocycles. The van der Waals surface area contributed by atoms with Crippen LogP contribution in [0.1, 0.15) is 20.8 Å². The van der Waals surface area contributed by atoms with Crippen molar-refractivity contribution in [3.8, 4) is 0 Å². The fourth-order valence-electron chi connectivity index (χ4n) is 0.745. The molecule has 0 atom stereocenters. The van der Waals surface area contributed by atoms with E-state index in [1.165, 1.54) is 6.07 Å². The summed E-state index contributed by atoms with van der Waals surface area (Å²) < 4.78 is 0. The minimum atomic E-state index is -1.19. The molecule has 0 radical (unpaired) electrons. The second-order valence-electron chi connectivity index (χ2n) is 2.23. The molecule has 1 amide bonds. The van der Waals surface area contributed by atoms with Crippen molar-refractivity contribution < 1.29 is 14.7 Å². The van der Waals surface area contributed by atoms with Crippen LogP contribution < -0.4 is 0 Å². The van der Waals surface area contributed by atoms with Crippen molar-refractivity contribution in [3.05, 3.63) is 40.0 Å². The quantitative estimate of drug-likeness (QED) is 0.430. The number of aromatic carboxylic acids is 1. The van der Waals surface area contributed by atoms with Gasteiger partial charge in [0.05, 0.1) is 0 Å². The minimum Gasteiger partial charge on any atom is -0.477 e. The molecular weight excluding hydrogens is 188 g/mol. The SMILES string of the molecule is [N-]=[N+]=NC(=O)c1ccc(C(=O)O)nc1. The molecule has 14 heavy (non-hydrogen) atoms. The van der Waals surface area contributed by atoms with Crippen LogP contribution in [0.15, 0.2) is 23.4 Å². The molecule has 1 aromatic rings. The van der Waals surface area contributed by atoms with E-state index in [0.717, 1.165) is 12.3 Å². The van der Waals surface area contributed by atoms with Crippen LogP contribution in [0.2, 0.25) is 0 Å². The number of nitrogens with zero attached hydrogens (tertiary/aromatic N) is 4. The number of pyridine rings is 1. The van der Waals surface area contributed by atoms with Gasteiger partial charge in [-0.3, -0.25) is 4.79 Å². The molecule has 0 aliphatic heterocycles. The number of rotatable bonds is 2. The summed E-state index contributed by atoms with van der Waals surface area (Å²) in [7, 11) is 0. The third-order valence-corrected chi connectivity index (χ3v) is 1.37. The zero-order valence-corrected chi connectivity index (χ0v) is 6.78. The Bertz CT molecular complexity index is 419. The first-order valence-corrected chi connectivity index (χ1v) is 3.44. The van der Waals surface area contributed by atoms with Crippen molar-refractivity contribution >= 4 is 11.9 Å². The van der Waals surface area contributed by atoms with E-state index in [-0.39, 0.29) is 11.3 Å². The monoisotopic (exact) mass is 192 g/mol. The minimum absolute atomic E-state index is 0.0489. The van der Waals surface area contributed by atoms with E-state index >= 15 is 0 Å². The van der Waals surface area contributed by atoms with Gasteiger partial charge in [0.2, 0.25) is 0 Å². The van der Waals surface area contributed by atoms with Crippen LogP contribution in [0.25, 0.3) is 10.4 Å². The maximum Gasteiger partial charge on any atom is 0.354 e. The number of hydrogen-bond acceptors (Lipinski definition) is 3. The van der Waals surface area contributed by atoms with Crippen LogP contribution in [0.5, 0.6) is 0 Å². The molecule has 1 rings (SSSR count). The fraction of sp³-hybridized carbons (Fsp3) is 0. The molecule has 7 nitrogen and oxygen atoms in total. The van der Waals surface area contributed by atoms with E-state index in [1.807, 2.05) is 0 Å². The van der Waals surface area contributed by atoms with Crippen molar-refractivity contribution in [2.24, 2.45) is 5.11 Å². The van der Waals surface area contributed by atoms with Gasteiger partial charge in [-0.2, -0.15) is 0 Å². The largest absolute Gasteiger partial charge is 0.477 e. The summed E-state index contributed by atoms with van der Waals surface area (Å²) in [5.41, 5.74) is 7.83. The lowest BCUT2D eigenvalue weighted by atomic mass is 10.2. The Labute approximate surface area is 77.6 Å². The van der Waals surface area contributed by atoms with Gasteiger partial charge in [0.1, 0.15) is 5.69 Å². The van der Waals surface area contributed by atoms with E-state index in [9.17, 15) is 9.59 Å². The van der Waals surface area contributed by atoms with E-state index in [1.54, 1.807) is 0 Å². The first-order valence-electron chi connectivity index (χ1n) is 3.44. The lowest BCUT2D eigenvalue weighted by Crippen LogP contribution is -2.02.